The van der Waals surface area contributed by atoms with Gasteiger partial charge in [0.05, 0.1) is 6.33 Å². The van der Waals surface area contributed by atoms with Gasteiger partial charge in [0.15, 0.2) is 0 Å². The monoisotopic (exact) mass is 342 g/mol. The van der Waals surface area contributed by atoms with Gasteiger partial charge >= 0.3 is 6.03 Å². The molecule has 0 aliphatic carbocycles. The zero-order valence-electron chi connectivity index (χ0n) is 13.1. The highest BCUT2D eigenvalue weighted by Crippen LogP contribution is 2.21. The Bertz CT molecular complexity index is 1010. The van der Waals surface area contributed by atoms with E-state index in [1.807, 2.05) is 6.07 Å². The summed E-state index contributed by atoms with van der Waals surface area (Å²) in [5, 5.41) is 17.9. The van der Waals surface area contributed by atoms with E-state index in [4.69, 9.17) is 11.1 Å². The second-order valence-electron chi connectivity index (χ2n) is 5.27. The van der Waals surface area contributed by atoms with Crippen molar-refractivity contribution in [1.82, 2.24) is 20.2 Å². The Kier molecular flexibility index (Phi) is 4.66. The number of carbonyl (C=O) groups is 1. The van der Waals surface area contributed by atoms with Crippen LogP contribution in [-0.4, -0.2) is 34.0 Å². The highest BCUT2D eigenvalue weighted by atomic mass is 19.1. The third-order valence-corrected chi connectivity index (χ3v) is 3.64. The maximum Gasteiger partial charge on any atom is 0.327 e. The average molecular weight is 342 g/mol. The Labute approximate surface area is 141 Å². The van der Waals surface area contributed by atoms with E-state index in [2.05, 4.69) is 20.3 Å². The molecule has 3 aromatic rings. The van der Waals surface area contributed by atoms with Crippen LogP contribution in [0.1, 0.15) is 0 Å². The zero-order chi connectivity index (χ0) is 17.8. The van der Waals surface area contributed by atoms with Crippen LogP contribution in [0.4, 0.5) is 9.18 Å². The molecule has 0 fully saturated rings. The number of fused-ring (bicyclic) bond motifs is 1. The molecule has 0 saturated carbocycles. The summed E-state index contributed by atoms with van der Waals surface area (Å²) in [6.07, 6.45) is 1.89. The molecule has 8 nitrogen and oxygen atoms in total. The minimum atomic E-state index is -0.552. The van der Waals surface area contributed by atoms with E-state index in [9.17, 15) is 9.18 Å². The van der Waals surface area contributed by atoms with Gasteiger partial charge in [-0.3, -0.25) is 9.98 Å². The van der Waals surface area contributed by atoms with Crippen molar-refractivity contribution in [3.8, 4) is 11.1 Å². The van der Waals surface area contributed by atoms with E-state index in [1.165, 1.54) is 12.3 Å². The topological polar surface area (TPSA) is 123 Å². The van der Waals surface area contributed by atoms with Gasteiger partial charge < -0.3 is 11.1 Å². The molecule has 3 rings (SSSR count). The molecule has 0 aliphatic heterocycles. The molecule has 0 bridgehead atoms. The average Bonchev–Trinajstić information content (AvgIpc) is 3.10. The molecular weight excluding hydrogens is 327 g/mol. The first-order valence-electron chi connectivity index (χ1n) is 7.39. The molecule has 0 saturated heterocycles. The fraction of sp³-hybridized carbons (Fsp3) is 0.125. The number of hydrogen-bond acceptors (Lipinski definition) is 6. The van der Waals surface area contributed by atoms with Crippen LogP contribution in [0.5, 0.6) is 0 Å². The van der Waals surface area contributed by atoms with Gasteiger partial charge in [-0.1, -0.05) is 6.07 Å². The lowest BCUT2D eigenvalue weighted by atomic mass is 10.1. The van der Waals surface area contributed by atoms with E-state index in [0.29, 0.717) is 22.9 Å². The van der Waals surface area contributed by atoms with E-state index in [0.717, 1.165) is 10.1 Å². The Balaban J connectivity index is 1.89. The van der Waals surface area contributed by atoms with Crippen LogP contribution in [0.2, 0.25) is 0 Å². The highest BCUT2D eigenvalue weighted by molar-refractivity contribution is 5.82. The minimum Gasteiger partial charge on any atom is -0.333 e. The number of nitrogens with zero attached hydrogens (tertiary/aromatic N) is 3. The van der Waals surface area contributed by atoms with Crippen LogP contribution in [0.25, 0.3) is 22.2 Å². The number of nitrogens with two attached hydrogens (primary N) is 1. The van der Waals surface area contributed by atoms with E-state index in [1.54, 1.807) is 18.2 Å². The first-order chi connectivity index (χ1) is 12.1. The summed E-state index contributed by atoms with van der Waals surface area (Å²) in [5.41, 5.74) is 8.30. The van der Waals surface area contributed by atoms with Crippen molar-refractivity contribution in [3.05, 3.63) is 53.9 Å². The summed E-state index contributed by atoms with van der Waals surface area (Å²) in [7, 11) is 0. The van der Waals surface area contributed by atoms with Gasteiger partial charge in [0.25, 0.3) is 0 Å². The number of amides is 1. The molecule has 0 spiro atoms. The van der Waals surface area contributed by atoms with Crippen molar-refractivity contribution in [3.63, 3.8) is 0 Å². The summed E-state index contributed by atoms with van der Waals surface area (Å²) in [6.45, 7) is -0.0277. The first-order valence-corrected chi connectivity index (χ1v) is 7.39. The SMILES string of the molecule is N=c1ccc(-c2ccc3nonc3c2)cn1C(=O)NC/C(=C/F)CN. The molecule has 2 aromatic heterocycles. The quantitative estimate of drug-likeness (QED) is 0.664. The molecule has 0 unspecified atom stereocenters. The maximum atomic E-state index is 12.5. The lowest BCUT2D eigenvalue weighted by Crippen LogP contribution is -2.37. The van der Waals surface area contributed by atoms with E-state index < -0.39 is 6.03 Å². The number of aromatic nitrogens is 3. The molecule has 0 atom stereocenters. The van der Waals surface area contributed by atoms with E-state index in [-0.39, 0.29) is 24.2 Å². The van der Waals surface area contributed by atoms with Crippen LogP contribution in [-0.2, 0) is 0 Å². The standard InChI is InChI=1S/C16H15FN6O2/c17-6-10(7-18)8-20-16(24)23-9-12(2-4-15(23)19)11-1-3-13-14(5-11)22-25-21-13/h1-6,9,19H,7-8,18H2,(H,20,24)/b10-6+,19-15?. The summed E-state index contributed by atoms with van der Waals surface area (Å²) in [5.74, 6) is 0. The van der Waals surface area contributed by atoms with Gasteiger partial charge in [0, 0.05) is 19.3 Å². The van der Waals surface area contributed by atoms with Crippen LogP contribution in [0.3, 0.4) is 0 Å². The number of carbonyl (C=O) groups excluding carboxylic acids is 1. The summed E-state index contributed by atoms with van der Waals surface area (Å²) in [6, 6.07) is 7.99. The van der Waals surface area contributed by atoms with Gasteiger partial charge in [0.1, 0.15) is 16.5 Å². The van der Waals surface area contributed by atoms with Crippen molar-refractivity contribution in [2.45, 2.75) is 0 Å². The third kappa shape index (κ3) is 3.45. The number of rotatable bonds is 4. The van der Waals surface area contributed by atoms with Gasteiger partial charge in [-0.05, 0) is 51.3 Å². The summed E-state index contributed by atoms with van der Waals surface area (Å²) >= 11 is 0. The first kappa shape index (κ1) is 16.5. The van der Waals surface area contributed by atoms with E-state index >= 15 is 0 Å². The number of hydrogen-bond donors (Lipinski definition) is 3. The molecule has 128 valence electrons. The lowest BCUT2D eigenvalue weighted by Gasteiger charge is -2.11. The largest absolute Gasteiger partial charge is 0.333 e. The third-order valence-electron chi connectivity index (χ3n) is 3.64. The highest BCUT2D eigenvalue weighted by Gasteiger charge is 2.09. The molecule has 25 heavy (non-hydrogen) atoms. The molecule has 9 heteroatoms. The minimum absolute atomic E-state index is 0.000961. The second-order valence-corrected chi connectivity index (χ2v) is 5.27. The Morgan fingerprint density at radius 1 is 1.28 bits per heavy atom. The predicted octanol–water partition coefficient (Wildman–Crippen LogP) is 1.54. The Morgan fingerprint density at radius 3 is 2.80 bits per heavy atom. The predicted molar refractivity (Wildman–Crippen MR) is 88.1 cm³/mol. The molecule has 2 heterocycles. The molecule has 0 aliphatic rings. The Morgan fingerprint density at radius 2 is 2.04 bits per heavy atom. The molecule has 1 aromatic carbocycles. The van der Waals surface area contributed by atoms with Crippen LogP contribution >= 0.6 is 0 Å². The summed E-state index contributed by atoms with van der Waals surface area (Å²) in [4.78, 5) is 12.3. The number of benzene rings is 1. The fourth-order valence-corrected chi connectivity index (χ4v) is 2.23. The zero-order valence-corrected chi connectivity index (χ0v) is 13.1. The number of halogens is 1. The van der Waals surface area contributed by atoms with Gasteiger partial charge in [0.2, 0.25) is 0 Å². The van der Waals surface area contributed by atoms with Gasteiger partial charge in [-0.15, -0.1) is 0 Å². The maximum absolute atomic E-state index is 12.5. The second kappa shape index (κ2) is 7.05. The molecule has 1 amide bonds. The van der Waals surface area contributed by atoms with Crippen LogP contribution in [0, 0.1) is 5.41 Å². The van der Waals surface area contributed by atoms with Crippen LogP contribution < -0.4 is 16.5 Å². The number of pyridine rings is 1. The van der Waals surface area contributed by atoms with Gasteiger partial charge in [-0.25, -0.2) is 13.8 Å². The van der Waals surface area contributed by atoms with Crippen LogP contribution in [0.15, 0.2) is 53.1 Å². The smallest absolute Gasteiger partial charge is 0.327 e. The van der Waals surface area contributed by atoms with Crippen molar-refractivity contribution < 1.29 is 13.8 Å². The summed E-state index contributed by atoms with van der Waals surface area (Å²) < 4.78 is 18.3. The fourth-order valence-electron chi connectivity index (χ4n) is 2.23. The Hall–Kier alpha value is -3.33. The van der Waals surface area contributed by atoms with Crippen molar-refractivity contribution in [2.75, 3.05) is 13.1 Å². The van der Waals surface area contributed by atoms with Crippen molar-refractivity contribution >= 4 is 17.1 Å². The van der Waals surface area contributed by atoms with Crippen molar-refractivity contribution in [2.24, 2.45) is 5.73 Å². The van der Waals surface area contributed by atoms with Gasteiger partial charge in [-0.2, -0.15) is 0 Å². The lowest BCUT2D eigenvalue weighted by molar-refractivity contribution is 0.242. The normalized spacial score (nSPS) is 11.7. The number of nitrogens with one attached hydrogen (secondary N) is 2. The molecule has 0 radical (unpaired) electrons. The molecular formula is C16H15FN6O2. The molecule has 4 N–H and O–H groups in total. The van der Waals surface area contributed by atoms with Crippen molar-refractivity contribution in [1.29, 1.82) is 5.41 Å².